The zero-order chi connectivity index (χ0) is 21.6. The lowest BCUT2D eigenvalue weighted by atomic mass is 10.0. The first-order valence-corrected chi connectivity index (χ1v) is 11.5. The molecule has 4 rings (SSSR count). The van der Waals surface area contributed by atoms with Gasteiger partial charge in [0.2, 0.25) is 0 Å². The van der Waals surface area contributed by atoms with Gasteiger partial charge >= 0.3 is 0 Å². The predicted molar refractivity (Wildman–Crippen MR) is 124 cm³/mol. The van der Waals surface area contributed by atoms with Crippen LogP contribution in [0.4, 0.5) is 10.1 Å². The first-order chi connectivity index (χ1) is 15.1. The molecule has 31 heavy (non-hydrogen) atoms. The highest BCUT2D eigenvalue weighted by atomic mass is 32.2. The van der Waals surface area contributed by atoms with Gasteiger partial charge in [0.1, 0.15) is 5.82 Å². The molecule has 160 valence electrons. The summed E-state index contributed by atoms with van der Waals surface area (Å²) < 4.78 is 35.9. The maximum atomic E-state index is 14.1. The van der Waals surface area contributed by atoms with Crippen LogP contribution in [0.5, 0.6) is 0 Å². The molecule has 1 fully saturated rings. The van der Waals surface area contributed by atoms with Gasteiger partial charge in [-0.2, -0.15) is 0 Å². The third-order valence-electron chi connectivity index (χ3n) is 5.35. The van der Waals surface area contributed by atoms with Gasteiger partial charge in [0.05, 0.1) is 5.88 Å². The molecule has 0 unspecified atom stereocenters. The summed E-state index contributed by atoms with van der Waals surface area (Å²) in [5, 5.41) is 0. The summed E-state index contributed by atoms with van der Waals surface area (Å²) in [5.41, 5.74) is 4.69. The van der Waals surface area contributed by atoms with E-state index >= 15 is 0 Å². The molecule has 0 aliphatic carbocycles. The molecule has 0 radical (unpaired) electrons. The van der Waals surface area contributed by atoms with Crippen LogP contribution in [-0.2, 0) is 10.7 Å². The fourth-order valence-corrected chi connectivity index (χ4v) is 4.33. The fourth-order valence-electron chi connectivity index (χ4n) is 3.72. The number of aromatic nitrogens is 1. The molecule has 1 saturated heterocycles. The summed E-state index contributed by atoms with van der Waals surface area (Å²) in [5.74, 6) is -0.138. The maximum Gasteiger partial charge on any atom is 0.153 e. The van der Waals surface area contributed by atoms with Gasteiger partial charge in [-0.3, -0.25) is 9.88 Å². The molecule has 0 N–H and O–H groups in total. The number of hydrogen-bond donors (Lipinski definition) is 1. The van der Waals surface area contributed by atoms with Crippen molar-refractivity contribution in [3.63, 3.8) is 0 Å². The average molecular weight is 438 g/mol. The molecule has 0 bridgehead atoms. The van der Waals surface area contributed by atoms with Crippen LogP contribution in [0.2, 0.25) is 0 Å². The number of benzene rings is 2. The van der Waals surface area contributed by atoms with E-state index in [4.69, 9.17) is 0 Å². The van der Waals surface area contributed by atoms with E-state index in [1.807, 2.05) is 47.4 Å². The van der Waals surface area contributed by atoms with Gasteiger partial charge in [0, 0.05) is 44.3 Å². The number of pyridine rings is 1. The first kappa shape index (κ1) is 21.2. The molecule has 3 aromatic rings. The van der Waals surface area contributed by atoms with Crippen LogP contribution in [0.1, 0.15) is 11.1 Å². The van der Waals surface area contributed by atoms with Crippen molar-refractivity contribution in [2.75, 3.05) is 37.0 Å². The lowest BCUT2D eigenvalue weighted by Gasteiger charge is -2.35. The molecule has 5 nitrogen and oxygen atoms in total. The van der Waals surface area contributed by atoms with Crippen molar-refractivity contribution >= 4 is 28.5 Å². The highest BCUT2D eigenvalue weighted by Crippen LogP contribution is 2.23. The summed E-state index contributed by atoms with van der Waals surface area (Å²) in [6.45, 7) is 3.09. The van der Waals surface area contributed by atoms with E-state index in [-0.39, 0.29) is 11.7 Å². The monoisotopic (exact) mass is 437 g/mol. The number of rotatable bonds is 6. The fraction of sp³-hybridized carbons (Fsp3) is 0.208. The number of thiol groups is 1. The lowest BCUT2D eigenvalue weighted by molar-refractivity contribution is 0.296. The minimum atomic E-state index is -2.36. The topological polar surface area (TPSA) is 53.5 Å². The quantitative estimate of drug-likeness (QED) is 0.470. The van der Waals surface area contributed by atoms with Crippen molar-refractivity contribution in [1.29, 1.82) is 0 Å². The second-order valence-electron chi connectivity index (χ2n) is 7.51. The summed E-state index contributed by atoms with van der Waals surface area (Å²) in [6.07, 6.45) is 7.27. The number of nitrogens with zero attached hydrogens (tertiary/aromatic N) is 3. The van der Waals surface area contributed by atoms with E-state index in [0.717, 1.165) is 54.1 Å². The molecular formula is C24H24FN3O2S. The second-order valence-corrected chi connectivity index (χ2v) is 8.46. The summed E-state index contributed by atoms with van der Waals surface area (Å²) in [6, 6.07) is 16.9. The van der Waals surface area contributed by atoms with Crippen molar-refractivity contribution in [3.8, 4) is 11.1 Å². The van der Waals surface area contributed by atoms with Gasteiger partial charge < -0.3 is 4.90 Å². The van der Waals surface area contributed by atoms with Gasteiger partial charge in [-0.1, -0.05) is 24.3 Å². The van der Waals surface area contributed by atoms with Crippen molar-refractivity contribution < 1.29 is 12.8 Å². The Labute approximate surface area is 183 Å². The maximum absolute atomic E-state index is 14.1. The zero-order valence-corrected chi connectivity index (χ0v) is 17.9. The number of hydrogen-bond acceptors (Lipinski definition) is 5. The van der Waals surface area contributed by atoms with Crippen molar-refractivity contribution in [1.82, 2.24) is 9.88 Å². The Morgan fingerprint density at radius 2 is 1.52 bits per heavy atom. The second kappa shape index (κ2) is 9.85. The molecule has 0 atom stereocenters. The highest BCUT2D eigenvalue weighted by Gasteiger charge is 2.17. The molecule has 0 amide bonds. The van der Waals surface area contributed by atoms with E-state index < -0.39 is 10.7 Å². The highest BCUT2D eigenvalue weighted by molar-refractivity contribution is 7.72. The first-order valence-electron chi connectivity index (χ1n) is 10.1. The van der Waals surface area contributed by atoms with Gasteiger partial charge in [0.15, 0.2) is 10.7 Å². The van der Waals surface area contributed by atoms with Gasteiger partial charge in [-0.25, -0.2) is 12.8 Å². The Hall–Kier alpha value is -3.03. The van der Waals surface area contributed by atoms with E-state index in [2.05, 4.69) is 22.0 Å². The standard InChI is InChI=1S/C24H24FN3O2S/c25-23-16-20(15-22(17-23)21-7-9-26-10-8-21)2-1-19-3-5-24(6-4-19)28-13-11-27(12-14-28)18-31(29)30/h1-10,15-17,31H,11-14,18H2/b2-1+. The van der Waals surface area contributed by atoms with Crippen LogP contribution >= 0.6 is 0 Å². The molecule has 2 heterocycles. The SMILES string of the molecule is O=[SH](=O)CN1CCN(c2ccc(/C=C/c3cc(F)cc(-c4ccncc4)c3)cc2)CC1. The Kier molecular flexibility index (Phi) is 6.74. The van der Waals surface area contributed by atoms with Gasteiger partial charge in [-0.05, 0) is 64.7 Å². The molecule has 1 aliphatic heterocycles. The van der Waals surface area contributed by atoms with Crippen molar-refractivity contribution in [3.05, 3.63) is 83.9 Å². The molecule has 0 saturated carbocycles. The largest absolute Gasteiger partial charge is 0.369 e. The number of piperazine rings is 1. The van der Waals surface area contributed by atoms with E-state index in [1.165, 1.54) is 12.1 Å². The smallest absolute Gasteiger partial charge is 0.153 e. The van der Waals surface area contributed by atoms with Crippen LogP contribution in [0.25, 0.3) is 23.3 Å². The third-order valence-corrected chi connectivity index (χ3v) is 5.98. The molecule has 7 heteroatoms. The number of anilines is 1. The molecule has 1 aromatic heterocycles. The number of halogens is 1. The van der Waals surface area contributed by atoms with E-state index in [9.17, 15) is 12.8 Å². The van der Waals surface area contributed by atoms with Gasteiger partial charge in [-0.15, -0.1) is 0 Å². The van der Waals surface area contributed by atoms with Crippen LogP contribution in [0.3, 0.4) is 0 Å². The summed E-state index contributed by atoms with van der Waals surface area (Å²) in [7, 11) is -2.36. The van der Waals surface area contributed by atoms with Crippen molar-refractivity contribution in [2.24, 2.45) is 0 Å². The lowest BCUT2D eigenvalue weighted by Crippen LogP contribution is -2.46. The van der Waals surface area contributed by atoms with Crippen LogP contribution in [0.15, 0.2) is 67.0 Å². The Morgan fingerprint density at radius 3 is 2.19 bits per heavy atom. The van der Waals surface area contributed by atoms with Crippen LogP contribution in [-0.4, -0.2) is 50.4 Å². The average Bonchev–Trinajstić information content (AvgIpc) is 2.78. The molecular weight excluding hydrogens is 413 g/mol. The molecule has 0 spiro atoms. The summed E-state index contributed by atoms with van der Waals surface area (Å²) in [4.78, 5) is 8.23. The minimum absolute atomic E-state index is 0.135. The Bertz CT molecular complexity index is 1120. The minimum Gasteiger partial charge on any atom is -0.369 e. The third kappa shape index (κ3) is 5.77. The Balaban J connectivity index is 1.42. The van der Waals surface area contributed by atoms with Crippen LogP contribution in [0, 0.1) is 5.82 Å². The molecule has 2 aromatic carbocycles. The normalized spacial score (nSPS) is 15.1. The summed E-state index contributed by atoms with van der Waals surface area (Å²) >= 11 is 0. The zero-order valence-electron chi connectivity index (χ0n) is 17.0. The van der Waals surface area contributed by atoms with Crippen molar-refractivity contribution in [2.45, 2.75) is 0 Å². The Morgan fingerprint density at radius 1 is 0.839 bits per heavy atom. The van der Waals surface area contributed by atoms with E-state index in [0.29, 0.717) is 0 Å². The molecule has 1 aliphatic rings. The van der Waals surface area contributed by atoms with Gasteiger partial charge in [0.25, 0.3) is 0 Å². The predicted octanol–water partition coefficient (Wildman–Crippen LogP) is 3.75. The van der Waals surface area contributed by atoms with E-state index in [1.54, 1.807) is 12.4 Å². The van der Waals surface area contributed by atoms with Crippen LogP contribution < -0.4 is 4.90 Å².